The standard InChI is InChI=1S/C22H21ClN2O3S/c23-20-10-9-19(14-21(20)29(27,28)25-11-3-4-12-25)22(26)24-15-16-7-8-17-5-1-2-6-18(17)13-16/h1-2,5-10,13-14H,3-4,11-12,15H2,(H,24,26). The maximum Gasteiger partial charge on any atom is 0.251 e. The summed E-state index contributed by atoms with van der Waals surface area (Å²) in [5.41, 5.74) is 1.24. The molecule has 0 spiro atoms. The first-order chi connectivity index (χ1) is 13.9. The maximum absolute atomic E-state index is 12.8. The molecule has 1 amide bonds. The number of fused-ring (bicyclic) bond motifs is 1. The number of hydrogen-bond donors (Lipinski definition) is 1. The van der Waals surface area contributed by atoms with Crippen LogP contribution < -0.4 is 5.32 Å². The lowest BCUT2D eigenvalue weighted by Gasteiger charge is -2.17. The number of halogens is 1. The van der Waals surface area contributed by atoms with Crippen molar-refractivity contribution in [2.45, 2.75) is 24.3 Å². The third-order valence-corrected chi connectivity index (χ3v) is 7.52. The van der Waals surface area contributed by atoms with E-state index in [4.69, 9.17) is 11.6 Å². The molecule has 0 saturated carbocycles. The molecule has 1 aliphatic rings. The number of sulfonamides is 1. The molecule has 1 saturated heterocycles. The summed E-state index contributed by atoms with van der Waals surface area (Å²) in [5, 5.41) is 5.22. The third kappa shape index (κ3) is 4.15. The van der Waals surface area contributed by atoms with Crippen LogP contribution in [0.25, 0.3) is 10.8 Å². The van der Waals surface area contributed by atoms with E-state index >= 15 is 0 Å². The zero-order valence-corrected chi connectivity index (χ0v) is 17.3. The molecule has 4 rings (SSSR count). The summed E-state index contributed by atoms with van der Waals surface area (Å²) in [7, 11) is -3.70. The first-order valence-electron chi connectivity index (χ1n) is 9.51. The minimum atomic E-state index is -3.70. The summed E-state index contributed by atoms with van der Waals surface area (Å²) >= 11 is 6.15. The van der Waals surface area contributed by atoms with E-state index in [1.807, 2.05) is 42.5 Å². The molecule has 1 heterocycles. The predicted octanol–water partition coefficient (Wildman–Crippen LogP) is 4.21. The van der Waals surface area contributed by atoms with Gasteiger partial charge >= 0.3 is 0 Å². The molecule has 0 unspecified atom stereocenters. The molecule has 150 valence electrons. The van der Waals surface area contributed by atoms with Gasteiger partial charge < -0.3 is 5.32 Å². The van der Waals surface area contributed by atoms with Gasteiger partial charge in [-0.1, -0.05) is 48.0 Å². The van der Waals surface area contributed by atoms with Crippen molar-refractivity contribution in [3.05, 3.63) is 76.8 Å². The van der Waals surface area contributed by atoms with Crippen LogP contribution in [0.2, 0.25) is 5.02 Å². The SMILES string of the molecule is O=C(NCc1ccc2ccccc2c1)c1ccc(Cl)c(S(=O)(=O)N2CCCC2)c1. The molecule has 3 aromatic carbocycles. The quantitative estimate of drug-likeness (QED) is 0.662. The Bertz CT molecular complexity index is 1170. The number of hydrogen-bond acceptors (Lipinski definition) is 3. The summed E-state index contributed by atoms with van der Waals surface area (Å²) in [5.74, 6) is -0.340. The molecule has 0 radical (unpaired) electrons. The Hall–Kier alpha value is -2.41. The van der Waals surface area contributed by atoms with Crippen LogP contribution in [-0.4, -0.2) is 31.7 Å². The Morgan fingerprint density at radius 3 is 2.45 bits per heavy atom. The van der Waals surface area contributed by atoms with Crippen molar-refractivity contribution < 1.29 is 13.2 Å². The lowest BCUT2D eigenvalue weighted by molar-refractivity contribution is 0.0950. The Morgan fingerprint density at radius 2 is 1.69 bits per heavy atom. The minimum absolute atomic E-state index is 0.0144. The molecule has 7 heteroatoms. The van der Waals surface area contributed by atoms with Crippen LogP contribution in [0, 0.1) is 0 Å². The molecule has 1 N–H and O–H groups in total. The topological polar surface area (TPSA) is 66.5 Å². The summed E-state index contributed by atoms with van der Waals surface area (Å²) in [4.78, 5) is 12.6. The van der Waals surface area contributed by atoms with Crippen LogP contribution in [0.1, 0.15) is 28.8 Å². The van der Waals surface area contributed by atoms with Gasteiger partial charge in [-0.25, -0.2) is 8.42 Å². The van der Waals surface area contributed by atoms with Gasteiger partial charge in [-0.05, 0) is 53.4 Å². The van der Waals surface area contributed by atoms with E-state index in [2.05, 4.69) is 5.32 Å². The second-order valence-corrected chi connectivity index (χ2v) is 9.43. The van der Waals surface area contributed by atoms with Crippen LogP contribution in [0.3, 0.4) is 0 Å². The zero-order valence-electron chi connectivity index (χ0n) is 15.8. The van der Waals surface area contributed by atoms with Gasteiger partial charge in [-0.15, -0.1) is 0 Å². The maximum atomic E-state index is 12.8. The van der Waals surface area contributed by atoms with Crippen molar-refractivity contribution >= 4 is 38.3 Å². The van der Waals surface area contributed by atoms with Crippen LogP contribution >= 0.6 is 11.6 Å². The number of rotatable bonds is 5. The summed E-state index contributed by atoms with van der Waals surface area (Å²) in [6.07, 6.45) is 1.67. The van der Waals surface area contributed by atoms with Gasteiger partial charge in [0.15, 0.2) is 0 Å². The first kappa shape index (κ1) is 19.9. The Morgan fingerprint density at radius 1 is 0.966 bits per heavy atom. The fraction of sp³-hybridized carbons (Fsp3) is 0.227. The summed E-state index contributed by atoms with van der Waals surface area (Å²) < 4.78 is 27.1. The summed E-state index contributed by atoms with van der Waals surface area (Å²) in [6, 6.07) is 18.4. The monoisotopic (exact) mass is 428 g/mol. The van der Waals surface area contributed by atoms with Crippen molar-refractivity contribution in [3.63, 3.8) is 0 Å². The average molecular weight is 429 g/mol. The van der Waals surface area contributed by atoms with Gasteiger partial charge in [0.2, 0.25) is 10.0 Å². The fourth-order valence-corrected chi connectivity index (χ4v) is 5.56. The number of carbonyl (C=O) groups excluding carboxylic acids is 1. The molecule has 0 aromatic heterocycles. The Balaban J connectivity index is 1.52. The first-order valence-corrected chi connectivity index (χ1v) is 11.3. The van der Waals surface area contributed by atoms with Gasteiger partial charge in [0.05, 0.1) is 5.02 Å². The highest BCUT2D eigenvalue weighted by Gasteiger charge is 2.29. The molecule has 0 bridgehead atoms. The van der Waals surface area contributed by atoms with Crippen LogP contribution in [0.5, 0.6) is 0 Å². The van der Waals surface area contributed by atoms with E-state index in [0.29, 0.717) is 19.6 Å². The summed E-state index contributed by atoms with van der Waals surface area (Å²) in [6.45, 7) is 1.31. The second kappa shape index (κ2) is 8.14. The zero-order chi connectivity index (χ0) is 20.4. The van der Waals surface area contributed by atoms with E-state index in [1.54, 1.807) is 6.07 Å². The molecule has 0 atom stereocenters. The third-order valence-electron chi connectivity index (χ3n) is 5.14. The molecule has 1 aliphatic heterocycles. The molecule has 3 aromatic rings. The predicted molar refractivity (Wildman–Crippen MR) is 115 cm³/mol. The molecule has 5 nitrogen and oxygen atoms in total. The van der Waals surface area contributed by atoms with E-state index in [9.17, 15) is 13.2 Å². The van der Waals surface area contributed by atoms with Crippen molar-refractivity contribution in [1.82, 2.24) is 9.62 Å². The highest BCUT2D eigenvalue weighted by molar-refractivity contribution is 7.89. The molecule has 0 aliphatic carbocycles. The second-order valence-electron chi connectivity index (χ2n) is 7.12. The van der Waals surface area contributed by atoms with Gasteiger partial charge in [0.1, 0.15) is 4.90 Å². The molecule has 1 fully saturated rings. The Labute approximate surface area is 175 Å². The normalized spacial score (nSPS) is 14.9. The lowest BCUT2D eigenvalue weighted by atomic mass is 10.1. The van der Waals surface area contributed by atoms with Gasteiger partial charge in [0, 0.05) is 25.2 Å². The van der Waals surface area contributed by atoms with Gasteiger partial charge in [-0.2, -0.15) is 4.31 Å². The smallest absolute Gasteiger partial charge is 0.251 e. The number of benzene rings is 3. The largest absolute Gasteiger partial charge is 0.348 e. The molecular weight excluding hydrogens is 408 g/mol. The van der Waals surface area contributed by atoms with Gasteiger partial charge in [0.25, 0.3) is 5.91 Å². The van der Waals surface area contributed by atoms with Crippen LogP contribution in [0.4, 0.5) is 0 Å². The van der Waals surface area contributed by atoms with Crippen LogP contribution in [0.15, 0.2) is 65.6 Å². The fourth-order valence-electron chi connectivity index (χ4n) is 3.54. The lowest BCUT2D eigenvalue weighted by Crippen LogP contribution is -2.29. The number of nitrogens with one attached hydrogen (secondary N) is 1. The minimum Gasteiger partial charge on any atom is -0.348 e. The van der Waals surface area contributed by atoms with Crippen molar-refractivity contribution in [2.24, 2.45) is 0 Å². The molecule has 29 heavy (non-hydrogen) atoms. The van der Waals surface area contributed by atoms with Crippen LogP contribution in [-0.2, 0) is 16.6 Å². The highest BCUT2D eigenvalue weighted by atomic mass is 35.5. The van der Waals surface area contributed by atoms with E-state index in [1.165, 1.54) is 16.4 Å². The highest BCUT2D eigenvalue weighted by Crippen LogP contribution is 2.28. The van der Waals surface area contributed by atoms with E-state index in [0.717, 1.165) is 29.2 Å². The average Bonchev–Trinajstić information content (AvgIpc) is 3.28. The Kier molecular flexibility index (Phi) is 5.58. The number of amides is 1. The van der Waals surface area contributed by atoms with E-state index in [-0.39, 0.29) is 21.4 Å². The van der Waals surface area contributed by atoms with E-state index < -0.39 is 10.0 Å². The van der Waals surface area contributed by atoms with Crippen molar-refractivity contribution in [2.75, 3.05) is 13.1 Å². The van der Waals surface area contributed by atoms with Crippen molar-refractivity contribution in [1.29, 1.82) is 0 Å². The van der Waals surface area contributed by atoms with Crippen molar-refractivity contribution in [3.8, 4) is 0 Å². The number of nitrogens with zero attached hydrogens (tertiary/aromatic N) is 1. The molecular formula is C22H21ClN2O3S. The van der Waals surface area contributed by atoms with Gasteiger partial charge in [-0.3, -0.25) is 4.79 Å². The number of carbonyl (C=O) groups is 1.